The Morgan fingerprint density at radius 2 is 1.81 bits per heavy atom. The van der Waals surface area contributed by atoms with Gasteiger partial charge in [-0.15, -0.1) is 0 Å². The molecular weight excluding hydrogens is 283 g/mol. The van der Waals surface area contributed by atoms with E-state index < -0.39 is 18.8 Å². The highest BCUT2D eigenvalue weighted by Crippen LogP contribution is 2.23. The lowest BCUT2D eigenvalue weighted by atomic mass is 10.1. The lowest BCUT2D eigenvalue weighted by molar-refractivity contribution is -0.208. The van der Waals surface area contributed by atoms with E-state index in [9.17, 15) is 13.2 Å². The molecule has 1 fully saturated rings. The minimum atomic E-state index is -4.58. The summed E-state index contributed by atoms with van der Waals surface area (Å²) in [5.74, 6) is 0. The Morgan fingerprint density at radius 3 is 2.38 bits per heavy atom. The monoisotopic (exact) mass is 299 g/mol. The van der Waals surface area contributed by atoms with Crippen molar-refractivity contribution >= 4 is 5.69 Å². The van der Waals surface area contributed by atoms with Crippen LogP contribution in [0.5, 0.6) is 0 Å². The summed E-state index contributed by atoms with van der Waals surface area (Å²) in [5, 5.41) is 18.1. The quantitative estimate of drug-likeness (QED) is 0.921. The second-order valence-corrected chi connectivity index (χ2v) is 4.97. The molecule has 0 amide bonds. The molecule has 1 aromatic rings. The second kappa shape index (κ2) is 6.33. The summed E-state index contributed by atoms with van der Waals surface area (Å²) in [7, 11) is 0. The number of benzene rings is 1. The summed E-state index contributed by atoms with van der Waals surface area (Å²) in [5.41, 5.74) is 1.36. The van der Waals surface area contributed by atoms with E-state index in [1.165, 1.54) is 0 Å². The molecule has 4 nitrogen and oxygen atoms in total. The number of halogens is 3. The van der Waals surface area contributed by atoms with Crippen LogP contribution in [-0.2, 0) is 0 Å². The molecule has 1 atom stereocenters. The molecule has 1 unspecified atom stereocenters. The lowest BCUT2D eigenvalue weighted by Crippen LogP contribution is -2.50. The lowest BCUT2D eigenvalue weighted by Gasteiger charge is -2.37. The van der Waals surface area contributed by atoms with Gasteiger partial charge < -0.3 is 10.0 Å². The highest BCUT2D eigenvalue weighted by Gasteiger charge is 2.39. The maximum absolute atomic E-state index is 12.3. The molecule has 0 radical (unpaired) electrons. The van der Waals surface area contributed by atoms with E-state index in [1.54, 1.807) is 17.0 Å². The van der Waals surface area contributed by atoms with E-state index in [0.717, 1.165) is 5.69 Å². The minimum absolute atomic E-state index is 0.406. The summed E-state index contributed by atoms with van der Waals surface area (Å²) in [6.07, 6.45) is -6.89. The first-order valence-corrected chi connectivity index (χ1v) is 6.63. The van der Waals surface area contributed by atoms with Gasteiger partial charge in [-0.3, -0.25) is 4.90 Å². The molecule has 0 aromatic heterocycles. The average Bonchev–Trinajstić information content (AvgIpc) is 2.47. The number of hydrogen-bond donors (Lipinski definition) is 1. The van der Waals surface area contributed by atoms with Crippen LogP contribution in [0.1, 0.15) is 5.56 Å². The Balaban J connectivity index is 1.93. The Morgan fingerprint density at radius 1 is 1.19 bits per heavy atom. The topological polar surface area (TPSA) is 50.5 Å². The summed E-state index contributed by atoms with van der Waals surface area (Å²) < 4.78 is 37.0. The molecule has 7 heteroatoms. The van der Waals surface area contributed by atoms with E-state index >= 15 is 0 Å². The van der Waals surface area contributed by atoms with Gasteiger partial charge in [-0.1, -0.05) is 12.1 Å². The van der Waals surface area contributed by atoms with Gasteiger partial charge in [0.05, 0.1) is 11.3 Å². The summed E-state index contributed by atoms with van der Waals surface area (Å²) >= 11 is 0. The number of β-amino-alcohol motifs (C(OH)–C–C–N with tert-alkyl or cyclic N) is 1. The number of aliphatic hydroxyl groups is 1. The number of nitriles is 1. The van der Waals surface area contributed by atoms with Gasteiger partial charge in [0.2, 0.25) is 0 Å². The van der Waals surface area contributed by atoms with Crippen molar-refractivity contribution in [3.63, 3.8) is 0 Å². The smallest absolute Gasteiger partial charge is 0.382 e. The number of hydrogen-bond acceptors (Lipinski definition) is 4. The zero-order valence-electron chi connectivity index (χ0n) is 11.3. The Bertz CT molecular complexity index is 519. The maximum Gasteiger partial charge on any atom is 0.415 e. The third-order valence-electron chi connectivity index (χ3n) is 3.55. The zero-order chi connectivity index (χ0) is 15.5. The molecule has 0 bridgehead atoms. The normalized spacial score (nSPS) is 18.3. The van der Waals surface area contributed by atoms with Crippen molar-refractivity contribution in [2.24, 2.45) is 0 Å². The fourth-order valence-corrected chi connectivity index (χ4v) is 2.36. The molecule has 2 rings (SSSR count). The largest absolute Gasteiger partial charge is 0.415 e. The number of piperazine rings is 1. The first kappa shape index (κ1) is 15.6. The first-order chi connectivity index (χ1) is 9.91. The van der Waals surface area contributed by atoms with Crippen LogP contribution < -0.4 is 4.90 Å². The maximum atomic E-state index is 12.3. The van der Waals surface area contributed by atoms with Crippen LogP contribution in [-0.4, -0.2) is 55.0 Å². The molecule has 1 N–H and O–H groups in total. The van der Waals surface area contributed by atoms with Crippen molar-refractivity contribution < 1.29 is 18.3 Å². The summed E-state index contributed by atoms with van der Waals surface area (Å²) in [6, 6.07) is 9.27. The van der Waals surface area contributed by atoms with Gasteiger partial charge in [0.25, 0.3) is 0 Å². The Labute approximate surface area is 121 Å². The second-order valence-electron chi connectivity index (χ2n) is 4.97. The number of para-hydroxylation sites is 1. The number of anilines is 1. The predicted molar refractivity (Wildman–Crippen MR) is 71.9 cm³/mol. The van der Waals surface area contributed by atoms with Crippen LogP contribution in [0.25, 0.3) is 0 Å². The molecule has 1 aromatic carbocycles. The molecule has 114 valence electrons. The van der Waals surface area contributed by atoms with Crippen LogP contribution >= 0.6 is 0 Å². The molecule has 0 aliphatic carbocycles. The van der Waals surface area contributed by atoms with E-state index in [0.29, 0.717) is 31.7 Å². The molecule has 1 heterocycles. The zero-order valence-corrected chi connectivity index (χ0v) is 11.3. The van der Waals surface area contributed by atoms with Crippen molar-refractivity contribution in [2.75, 3.05) is 37.6 Å². The van der Waals surface area contributed by atoms with Crippen molar-refractivity contribution in [2.45, 2.75) is 12.3 Å². The van der Waals surface area contributed by atoms with Crippen LogP contribution in [0.4, 0.5) is 18.9 Å². The number of aliphatic hydroxyl groups excluding tert-OH is 1. The van der Waals surface area contributed by atoms with Crippen molar-refractivity contribution in [3.05, 3.63) is 29.8 Å². The third-order valence-corrected chi connectivity index (χ3v) is 3.55. The van der Waals surface area contributed by atoms with E-state index in [-0.39, 0.29) is 0 Å². The molecule has 1 saturated heterocycles. The number of rotatable bonds is 3. The van der Waals surface area contributed by atoms with Gasteiger partial charge in [-0.2, -0.15) is 18.4 Å². The number of nitrogens with zero attached hydrogens (tertiary/aromatic N) is 3. The third kappa shape index (κ3) is 3.86. The molecule has 0 saturated carbocycles. The Kier molecular flexibility index (Phi) is 4.70. The van der Waals surface area contributed by atoms with Gasteiger partial charge in [0.1, 0.15) is 6.07 Å². The highest BCUT2D eigenvalue weighted by molar-refractivity contribution is 5.59. The summed E-state index contributed by atoms with van der Waals surface area (Å²) in [4.78, 5) is 3.57. The minimum Gasteiger partial charge on any atom is -0.382 e. The van der Waals surface area contributed by atoms with Gasteiger partial charge in [0.15, 0.2) is 6.10 Å². The summed E-state index contributed by atoms with van der Waals surface area (Å²) in [6.45, 7) is 1.50. The number of alkyl halides is 3. The standard InChI is InChI=1S/C14H16F3N3O/c15-14(16,17)13(21)10-19-5-7-20(8-6-19)12-4-2-1-3-11(12)9-18/h1-4,13,21H,5-8,10H2. The SMILES string of the molecule is N#Cc1ccccc1N1CCN(CC(O)C(F)(F)F)CC1. The van der Waals surface area contributed by atoms with Crippen molar-refractivity contribution in [3.8, 4) is 6.07 Å². The molecule has 1 aliphatic rings. The van der Waals surface area contributed by atoms with Gasteiger partial charge in [0, 0.05) is 32.7 Å². The fraction of sp³-hybridized carbons (Fsp3) is 0.500. The molecule has 0 spiro atoms. The van der Waals surface area contributed by atoms with Crippen LogP contribution in [0.3, 0.4) is 0 Å². The van der Waals surface area contributed by atoms with Gasteiger partial charge in [-0.25, -0.2) is 0 Å². The molecule has 21 heavy (non-hydrogen) atoms. The van der Waals surface area contributed by atoms with Crippen LogP contribution in [0.2, 0.25) is 0 Å². The average molecular weight is 299 g/mol. The van der Waals surface area contributed by atoms with Gasteiger partial charge >= 0.3 is 6.18 Å². The van der Waals surface area contributed by atoms with Crippen molar-refractivity contribution in [1.82, 2.24) is 4.90 Å². The van der Waals surface area contributed by atoms with E-state index in [4.69, 9.17) is 10.4 Å². The van der Waals surface area contributed by atoms with Crippen molar-refractivity contribution in [1.29, 1.82) is 5.26 Å². The highest BCUT2D eigenvalue weighted by atomic mass is 19.4. The van der Waals surface area contributed by atoms with E-state index in [1.807, 2.05) is 17.0 Å². The first-order valence-electron chi connectivity index (χ1n) is 6.63. The van der Waals surface area contributed by atoms with E-state index in [2.05, 4.69) is 6.07 Å². The molecule has 1 aliphatic heterocycles. The fourth-order valence-electron chi connectivity index (χ4n) is 2.36. The predicted octanol–water partition coefficient (Wildman–Crippen LogP) is 1.60. The van der Waals surface area contributed by atoms with Crippen LogP contribution in [0.15, 0.2) is 24.3 Å². The van der Waals surface area contributed by atoms with Gasteiger partial charge in [-0.05, 0) is 12.1 Å². The Hall–Kier alpha value is -1.78. The molecular formula is C14H16F3N3O. The van der Waals surface area contributed by atoms with Crippen LogP contribution in [0, 0.1) is 11.3 Å².